The molecule has 0 radical (unpaired) electrons. The van der Waals surface area contributed by atoms with E-state index < -0.39 is 11.9 Å². The van der Waals surface area contributed by atoms with Crippen molar-refractivity contribution >= 4 is 22.7 Å². The third-order valence-electron chi connectivity index (χ3n) is 2.81. The molecule has 0 saturated heterocycles. The number of hydrogen-bond acceptors (Lipinski definition) is 3. The van der Waals surface area contributed by atoms with Crippen LogP contribution in [0.4, 0.5) is 0 Å². The van der Waals surface area contributed by atoms with Gasteiger partial charge in [0.2, 0.25) is 0 Å². The molecule has 0 unspecified atom stereocenters. The van der Waals surface area contributed by atoms with Crippen LogP contribution in [0.3, 0.4) is 0 Å². The number of fused-ring (bicyclic) bond motifs is 1. The summed E-state index contributed by atoms with van der Waals surface area (Å²) in [6.45, 7) is 1.64. The van der Waals surface area contributed by atoms with Gasteiger partial charge in [-0.3, -0.25) is 0 Å². The monoisotopic (exact) mass is 246 g/mol. The van der Waals surface area contributed by atoms with Crippen LogP contribution in [0, 0.1) is 6.92 Å². The highest BCUT2D eigenvalue weighted by Crippen LogP contribution is 2.30. The lowest BCUT2D eigenvalue weighted by molar-refractivity contribution is 0.0684. The standard InChI is InChI=1S/C13H10O5/c1-6-2-3-8-7(10(6)12(15)16)4-5-9(14)11(8)13(17)18/h2-5,14H,1H3,(H,15,16)(H,17,18). The van der Waals surface area contributed by atoms with E-state index in [2.05, 4.69) is 0 Å². The molecule has 0 heterocycles. The van der Waals surface area contributed by atoms with Crippen LogP contribution < -0.4 is 0 Å². The highest BCUT2D eigenvalue weighted by Gasteiger charge is 2.19. The van der Waals surface area contributed by atoms with Gasteiger partial charge in [0.15, 0.2) is 0 Å². The maximum atomic E-state index is 11.2. The predicted octanol–water partition coefficient (Wildman–Crippen LogP) is 2.25. The van der Waals surface area contributed by atoms with Gasteiger partial charge in [-0.05, 0) is 30.0 Å². The Balaban J connectivity index is 2.98. The number of carboxylic acid groups (broad SMARTS) is 2. The molecule has 5 nitrogen and oxygen atoms in total. The summed E-state index contributed by atoms with van der Waals surface area (Å²) in [6.07, 6.45) is 0. The van der Waals surface area contributed by atoms with E-state index in [1.165, 1.54) is 24.3 Å². The second kappa shape index (κ2) is 4.03. The molecule has 0 aliphatic carbocycles. The molecule has 0 saturated carbocycles. The number of carboxylic acids is 2. The Morgan fingerprint density at radius 1 is 0.889 bits per heavy atom. The topological polar surface area (TPSA) is 94.8 Å². The third kappa shape index (κ3) is 1.66. The molecule has 0 aliphatic rings. The summed E-state index contributed by atoms with van der Waals surface area (Å²) in [5.41, 5.74) is 0.307. The van der Waals surface area contributed by atoms with E-state index in [-0.39, 0.29) is 22.3 Å². The fourth-order valence-electron chi connectivity index (χ4n) is 2.01. The average Bonchev–Trinajstić information content (AvgIpc) is 2.27. The average molecular weight is 246 g/mol. The maximum Gasteiger partial charge on any atom is 0.340 e. The van der Waals surface area contributed by atoms with E-state index in [9.17, 15) is 14.7 Å². The molecule has 0 bridgehead atoms. The number of aryl methyl sites for hydroxylation is 1. The minimum atomic E-state index is -1.29. The summed E-state index contributed by atoms with van der Waals surface area (Å²) in [7, 11) is 0. The summed E-state index contributed by atoms with van der Waals surface area (Å²) in [5.74, 6) is -2.80. The first kappa shape index (κ1) is 11.9. The van der Waals surface area contributed by atoms with Crippen LogP contribution in [0.2, 0.25) is 0 Å². The van der Waals surface area contributed by atoms with Crippen molar-refractivity contribution in [2.24, 2.45) is 0 Å². The second-order valence-corrected chi connectivity index (χ2v) is 3.92. The van der Waals surface area contributed by atoms with Crippen molar-refractivity contribution < 1.29 is 24.9 Å². The zero-order valence-corrected chi connectivity index (χ0v) is 9.47. The Kier molecular flexibility index (Phi) is 2.67. The van der Waals surface area contributed by atoms with E-state index in [1.807, 2.05) is 0 Å². The van der Waals surface area contributed by atoms with Gasteiger partial charge in [-0.25, -0.2) is 9.59 Å². The van der Waals surface area contributed by atoms with Crippen LogP contribution in [0.5, 0.6) is 5.75 Å². The highest BCUT2D eigenvalue weighted by molar-refractivity contribution is 6.12. The molecule has 18 heavy (non-hydrogen) atoms. The molecule has 0 spiro atoms. The van der Waals surface area contributed by atoms with Gasteiger partial charge in [0.05, 0.1) is 5.56 Å². The van der Waals surface area contributed by atoms with Crippen LogP contribution in [-0.2, 0) is 0 Å². The normalized spacial score (nSPS) is 10.5. The summed E-state index contributed by atoms with van der Waals surface area (Å²) in [6, 6.07) is 5.63. The van der Waals surface area contributed by atoms with Crippen molar-refractivity contribution in [1.29, 1.82) is 0 Å². The summed E-state index contributed by atoms with van der Waals surface area (Å²) < 4.78 is 0. The highest BCUT2D eigenvalue weighted by atomic mass is 16.4. The fourth-order valence-corrected chi connectivity index (χ4v) is 2.01. The molecule has 0 aromatic heterocycles. The Morgan fingerprint density at radius 3 is 1.94 bits per heavy atom. The zero-order chi connectivity index (χ0) is 13.4. The van der Waals surface area contributed by atoms with Gasteiger partial charge >= 0.3 is 11.9 Å². The lowest BCUT2D eigenvalue weighted by Crippen LogP contribution is -2.04. The minimum absolute atomic E-state index is 0.0509. The minimum Gasteiger partial charge on any atom is -0.507 e. The van der Waals surface area contributed by atoms with E-state index in [0.717, 1.165) is 0 Å². The smallest absolute Gasteiger partial charge is 0.340 e. The number of rotatable bonds is 2. The number of aromatic hydroxyl groups is 1. The molecule has 2 rings (SSSR count). The van der Waals surface area contributed by atoms with Crippen LogP contribution in [0.1, 0.15) is 26.3 Å². The molecule has 0 amide bonds. The first-order chi connectivity index (χ1) is 8.43. The Morgan fingerprint density at radius 2 is 1.39 bits per heavy atom. The van der Waals surface area contributed by atoms with E-state index in [0.29, 0.717) is 10.9 Å². The predicted molar refractivity (Wildman–Crippen MR) is 64.3 cm³/mol. The van der Waals surface area contributed by atoms with Crippen molar-refractivity contribution in [3.63, 3.8) is 0 Å². The van der Waals surface area contributed by atoms with E-state index in [4.69, 9.17) is 10.2 Å². The van der Waals surface area contributed by atoms with Gasteiger partial charge in [0.25, 0.3) is 0 Å². The van der Waals surface area contributed by atoms with Crippen molar-refractivity contribution in [3.05, 3.63) is 41.0 Å². The number of benzene rings is 2. The lowest BCUT2D eigenvalue weighted by atomic mass is 9.96. The van der Waals surface area contributed by atoms with Gasteiger partial charge in [-0.1, -0.05) is 12.1 Å². The maximum absolute atomic E-state index is 11.2. The second-order valence-electron chi connectivity index (χ2n) is 3.92. The SMILES string of the molecule is Cc1ccc2c(C(=O)O)c(O)ccc2c1C(=O)O. The van der Waals surface area contributed by atoms with E-state index in [1.54, 1.807) is 6.92 Å². The summed E-state index contributed by atoms with van der Waals surface area (Å²) in [4.78, 5) is 22.3. The van der Waals surface area contributed by atoms with Crippen molar-refractivity contribution in [2.75, 3.05) is 0 Å². The summed E-state index contributed by atoms with van der Waals surface area (Å²) >= 11 is 0. The quantitative estimate of drug-likeness (QED) is 0.755. The first-order valence-corrected chi connectivity index (χ1v) is 5.15. The molecule has 0 aliphatic heterocycles. The van der Waals surface area contributed by atoms with Crippen molar-refractivity contribution in [1.82, 2.24) is 0 Å². The van der Waals surface area contributed by atoms with Crippen molar-refractivity contribution in [3.8, 4) is 5.75 Å². The Labute approximate surface area is 102 Å². The fraction of sp³-hybridized carbons (Fsp3) is 0.0769. The van der Waals surface area contributed by atoms with Crippen LogP contribution >= 0.6 is 0 Å². The van der Waals surface area contributed by atoms with Gasteiger partial charge in [0.1, 0.15) is 11.3 Å². The molecule has 0 fully saturated rings. The van der Waals surface area contributed by atoms with Crippen molar-refractivity contribution in [2.45, 2.75) is 6.92 Å². The Hall–Kier alpha value is -2.56. The first-order valence-electron chi connectivity index (χ1n) is 5.15. The van der Waals surface area contributed by atoms with Gasteiger partial charge in [0, 0.05) is 5.39 Å². The van der Waals surface area contributed by atoms with Crippen LogP contribution in [0.15, 0.2) is 24.3 Å². The molecule has 2 aromatic carbocycles. The molecule has 3 N–H and O–H groups in total. The van der Waals surface area contributed by atoms with Gasteiger partial charge < -0.3 is 15.3 Å². The molecule has 92 valence electrons. The van der Waals surface area contributed by atoms with Gasteiger partial charge in [-0.2, -0.15) is 0 Å². The zero-order valence-electron chi connectivity index (χ0n) is 9.47. The van der Waals surface area contributed by atoms with Gasteiger partial charge in [-0.15, -0.1) is 0 Å². The molecular formula is C13H10O5. The molecular weight excluding hydrogens is 236 g/mol. The number of aromatic carboxylic acids is 2. The van der Waals surface area contributed by atoms with Crippen LogP contribution in [0.25, 0.3) is 10.8 Å². The summed E-state index contributed by atoms with van der Waals surface area (Å²) in [5, 5.41) is 28.3. The number of hydrogen-bond donors (Lipinski definition) is 3. The third-order valence-corrected chi connectivity index (χ3v) is 2.81. The Bertz CT molecular complexity index is 613. The molecule has 2 aromatic rings. The number of phenols is 1. The molecule has 0 atom stereocenters. The number of carbonyl (C=O) groups is 2. The van der Waals surface area contributed by atoms with Crippen LogP contribution in [-0.4, -0.2) is 27.3 Å². The largest absolute Gasteiger partial charge is 0.507 e. The molecule has 5 heteroatoms. The lowest BCUT2D eigenvalue weighted by Gasteiger charge is -2.09. The van der Waals surface area contributed by atoms with E-state index >= 15 is 0 Å².